The molecule has 0 saturated heterocycles. The standard InChI is InChI=1S/C8H6O4/c1-12-6-3-2-5(4-9)7(10)8(6)11/h2-4H,1H3. The zero-order valence-corrected chi connectivity index (χ0v) is 6.37. The lowest BCUT2D eigenvalue weighted by atomic mass is 10.0. The van der Waals surface area contributed by atoms with Gasteiger partial charge in [0.15, 0.2) is 12.0 Å². The van der Waals surface area contributed by atoms with E-state index in [1.807, 2.05) is 0 Å². The van der Waals surface area contributed by atoms with Crippen molar-refractivity contribution in [2.24, 2.45) is 0 Å². The lowest BCUT2D eigenvalue weighted by Gasteiger charge is -2.06. The minimum atomic E-state index is -0.815. The zero-order chi connectivity index (χ0) is 9.14. The molecule has 62 valence electrons. The highest BCUT2D eigenvalue weighted by Crippen LogP contribution is 2.10. The molecule has 0 amide bonds. The Morgan fingerprint density at radius 3 is 2.42 bits per heavy atom. The SMILES string of the molecule is COC1=CC=C(C=O)C(=O)C1=O. The molecule has 0 bridgehead atoms. The number of carbonyl (C=O) groups is 3. The number of allylic oxidation sites excluding steroid dienone is 4. The summed E-state index contributed by atoms with van der Waals surface area (Å²) in [7, 11) is 1.29. The van der Waals surface area contributed by atoms with Gasteiger partial charge in [-0.15, -0.1) is 0 Å². The lowest BCUT2D eigenvalue weighted by Crippen LogP contribution is -2.22. The molecule has 0 aliphatic heterocycles. The summed E-state index contributed by atoms with van der Waals surface area (Å²) in [5.74, 6) is -1.63. The van der Waals surface area contributed by atoms with Gasteiger partial charge in [0, 0.05) is 0 Å². The molecule has 0 radical (unpaired) electrons. The summed E-state index contributed by atoms with van der Waals surface area (Å²) in [5.41, 5.74) is -0.138. The van der Waals surface area contributed by atoms with Gasteiger partial charge in [0.05, 0.1) is 12.7 Å². The van der Waals surface area contributed by atoms with Gasteiger partial charge in [-0.3, -0.25) is 14.4 Å². The Labute approximate surface area is 68.5 Å². The van der Waals surface area contributed by atoms with E-state index in [-0.39, 0.29) is 11.3 Å². The van der Waals surface area contributed by atoms with Crippen LogP contribution in [0.1, 0.15) is 0 Å². The molecular weight excluding hydrogens is 160 g/mol. The summed E-state index contributed by atoms with van der Waals surface area (Å²) in [6.45, 7) is 0. The Hall–Kier alpha value is -1.71. The van der Waals surface area contributed by atoms with E-state index in [1.54, 1.807) is 0 Å². The molecule has 0 heterocycles. The van der Waals surface area contributed by atoms with E-state index in [2.05, 4.69) is 4.74 Å². The molecule has 4 heteroatoms. The number of rotatable bonds is 2. The number of aldehydes is 1. The minimum absolute atomic E-state index is 0.0365. The van der Waals surface area contributed by atoms with Crippen molar-refractivity contribution in [3.63, 3.8) is 0 Å². The highest BCUT2D eigenvalue weighted by molar-refractivity contribution is 6.52. The van der Waals surface area contributed by atoms with Crippen LogP contribution in [-0.2, 0) is 19.1 Å². The van der Waals surface area contributed by atoms with Crippen molar-refractivity contribution >= 4 is 17.9 Å². The molecule has 1 rings (SSSR count). The van der Waals surface area contributed by atoms with E-state index in [0.717, 1.165) is 0 Å². The van der Waals surface area contributed by atoms with Crippen molar-refractivity contribution in [1.29, 1.82) is 0 Å². The molecule has 0 atom stereocenters. The van der Waals surface area contributed by atoms with Gasteiger partial charge in [-0.2, -0.15) is 0 Å². The minimum Gasteiger partial charge on any atom is -0.493 e. The van der Waals surface area contributed by atoms with Crippen LogP contribution in [0.5, 0.6) is 0 Å². The average molecular weight is 166 g/mol. The van der Waals surface area contributed by atoms with Crippen LogP contribution in [0, 0.1) is 0 Å². The normalized spacial score (nSPS) is 16.8. The van der Waals surface area contributed by atoms with Gasteiger partial charge in [-0.1, -0.05) is 0 Å². The third kappa shape index (κ3) is 1.18. The molecule has 0 unspecified atom stereocenters. The van der Waals surface area contributed by atoms with Gasteiger partial charge in [-0.25, -0.2) is 0 Å². The van der Waals surface area contributed by atoms with Crippen LogP contribution in [-0.4, -0.2) is 25.0 Å². The van der Waals surface area contributed by atoms with Gasteiger partial charge >= 0.3 is 0 Å². The van der Waals surface area contributed by atoms with Crippen molar-refractivity contribution in [3.05, 3.63) is 23.5 Å². The Kier molecular flexibility index (Phi) is 2.19. The fourth-order valence-corrected chi connectivity index (χ4v) is 0.813. The number of ketones is 2. The summed E-state index contributed by atoms with van der Waals surface area (Å²) >= 11 is 0. The van der Waals surface area contributed by atoms with Gasteiger partial charge in [-0.05, 0) is 12.2 Å². The van der Waals surface area contributed by atoms with E-state index in [1.165, 1.54) is 19.3 Å². The Morgan fingerprint density at radius 1 is 1.25 bits per heavy atom. The number of methoxy groups -OCH3 is 1. The van der Waals surface area contributed by atoms with Crippen molar-refractivity contribution in [1.82, 2.24) is 0 Å². The van der Waals surface area contributed by atoms with Crippen LogP contribution in [0.4, 0.5) is 0 Å². The monoisotopic (exact) mass is 166 g/mol. The van der Waals surface area contributed by atoms with Crippen LogP contribution >= 0.6 is 0 Å². The molecule has 0 N–H and O–H groups in total. The molecule has 1 aliphatic carbocycles. The van der Waals surface area contributed by atoms with Gasteiger partial charge in [0.25, 0.3) is 5.78 Å². The first-order valence-corrected chi connectivity index (χ1v) is 3.21. The summed E-state index contributed by atoms with van der Waals surface area (Å²) in [4.78, 5) is 32.1. The summed E-state index contributed by atoms with van der Waals surface area (Å²) in [6, 6.07) is 0. The van der Waals surface area contributed by atoms with E-state index in [9.17, 15) is 14.4 Å². The molecule has 0 aromatic carbocycles. The fourth-order valence-electron chi connectivity index (χ4n) is 0.813. The van der Waals surface area contributed by atoms with Crippen molar-refractivity contribution in [2.45, 2.75) is 0 Å². The Bertz CT molecular complexity index is 309. The maximum atomic E-state index is 11.0. The predicted molar refractivity (Wildman–Crippen MR) is 39.3 cm³/mol. The van der Waals surface area contributed by atoms with Crippen LogP contribution < -0.4 is 0 Å². The largest absolute Gasteiger partial charge is 0.493 e. The first kappa shape index (κ1) is 8.39. The number of hydrogen-bond donors (Lipinski definition) is 0. The third-order valence-electron chi connectivity index (χ3n) is 1.45. The molecular formula is C8H6O4. The van der Waals surface area contributed by atoms with Crippen molar-refractivity contribution < 1.29 is 19.1 Å². The fraction of sp³-hybridized carbons (Fsp3) is 0.125. The molecule has 1 aliphatic rings. The quantitative estimate of drug-likeness (QED) is 0.246. The smallest absolute Gasteiger partial charge is 0.268 e. The molecule has 0 aromatic heterocycles. The predicted octanol–water partition coefficient (Wildman–Crippen LogP) is -0.206. The van der Waals surface area contributed by atoms with E-state index < -0.39 is 11.6 Å². The highest BCUT2D eigenvalue weighted by Gasteiger charge is 2.25. The maximum absolute atomic E-state index is 11.0. The molecule has 4 nitrogen and oxygen atoms in total. The van der Waals surface area contributed by atoms with Crippen LogP contribution in [0.25, 0.3) is 0 Å². The van der Waals surface area contributed by atoms with Crippen LogP contribution in [0.15, 0.2) is 23.5 Å². The first-order valence-electron chi connectivity index (χ1n) is 3.21. The number of hydrogen-bond acceptors (Lipinski definition) is 4. The second-order valence-electron chi connectivity index (χ2n) is 2.13. The maximum Gasteiger partial charge on any atom is 0.268 e. The first-order chi connectivity index (χ1) is 5.70. The van der Waals surface area contributed by atoms with Crippen LogP contribution in [0.2, 0.25) is 0 Å². The van der Waals surface area contributed by atoms with Crippen molar-refractivity contribution in [2.75, 3.05) is 7.11 Å². The number of carbonyl (C=O) groups excluding carboxylic acids is 3. The van der Waals surface area contributed by atoms with E-state index in [4.69, 9.17) is 0 Å². The van der Waals surface area contributed by atoms with Crippen LogP contribution in [0.3, 0.4) is 0 Å². The second-order valence-corrected chi connectivity index (χ2v) is 2.13. The molecule has 0 spiro atoms. The number of Topliss-reactive ketones (excluding diaryl/α,β-unsaturated/α-hetero) is 2. The molecule has 12 heavy (non-hydrogen) atoms. The van der Waals surface area contributed by atoms with Gasteiger partial charge in [0.2, 0.25) is 5.78 Å². The lowest BCUT2D eigenvalue weighted by molar-refractivity contribution is -0.134. The van der Waals surface area contributed by atoms with E-state index in [0.29, 0.717) is 6.29 Å². The molecule has 0 aromatic rings. The van der Waals surface area contributed by atoms with Crippen molar-refractivity contribution in [3.8, 4) is 0 Å². The Balaban J connectivity index is 3.08. The highest BCUT2D eigenvalue weighted by atomic mass is 16.5. The number of ether oxygens (including phenoxy) is 1. The third-order valence-corrected chi connectivity index (χ3v) is 1.45. The molecule has 0 fully saturated rings. The summed E-state index contributed by atoms with van der Waals surface area (Å²) < 4.78 is 4.60. The second kappa shape index (κ2) is 3.13. The molecule has 0 saturated carbocycles. The zero-order valence-electron chi connectivity index (χ0n) is 6.37. The summed E-state index contributed by atoms with van der Waals surface area (Å²) in [5, 5.41) is 0. The van der Waals surface area contributed by atoms with E-state index >= 15 is 0 Å². The Morgan fingerprint density at radius 2 is 1.92 bits per heavy atom. The topological polar surface area (TPSA) is 60.4 Å². The van der Waals surface area contributed by atoms with Gasteiger partial charge < -0.3 is 4.74 Å². The van der Waals surface area contributed by atoms with Gasteiger partial charge in [0.1, 0.15) is 0 Å². The summed E-state index contributed by atoms with van der Waals surface area (Å²) in [6.07, 6.45) is 2.91. The average Bonchev–Trinajstić information content (AvgIpc) is 2.10.